The molecule has 0 amide bonds. The number of nitrogens with zero attached hydrogens (tertiary/aromatic N) is 7. The molecule has 0 bridgehead atoms. The molecule has 4 N–H and O–H groups in total. The van der Waals surface area contributed by atoms with E-state index in [9.17, 15) is 17.6 Å². The smallest absolute Gasteiger partial charge is 0.311 e. The van der Waals surface area contributed by atoms with Gasteiger partial charge in [0, 0.05) is 133 Å². The molecule has 79 heavy (non-hydrogen) atoms. The summed E-state index contributed by atoms with van der Waals surface area (Å²) in [5.41, 5.74) is -0.723. The van der Waals surface area contributed by atoms with Crippen molar-refractivity contribution in [2.24, 2.45) is 23.7 Å². The molecule has 2 saturated heterocycles. The predicted octanol–water partition coefficient (Wildman–Crippen LogP) is 10.1. The van der Waals surface area contributed by atoms with E-state index in [0.29, 0.717) is 72.9 Å². The van der Waals surface area contributed by atoms with Crippen molar-refractivity contribution in [3.8, 4) is 0 Å². The zero-order valence-electron chi connectivity index (χ0n) is 53.4. The normalized spacial score (nSPS) is 29.4. The lowest BCUT2D eigenvalue weighted by Crippen LogP contribution is -2.56. The lowest BCUT2D eigenvalue weighted by atomic mass is 9.84. The Balaban J connectivity index is 1.57. The summed E-state index contributed by atoms with van der Waals surface area (Å²) in [6.07, 6.45) is 12.8. The number of piperidine rings is 1. The van der Waals surface area contributed by atoms with Crippen LogP contribution >= 0.6 is 0 Å². The molecule has 15 heteroatoms. The molecular weight excluding hydrogens is 999 g/mol. The van der Waals surface area contributed by atoms with Gasteiger partial charge in [-0.3, -0.25) is 9.80 Å². The number of alkyl halides is 3. The third-order valence-corrected chi connectivity index (χ3v) is 19.0. The Morgan fingerprint density at radius 3 is 1.95 bits per heavy atom. The fraction of sp³-hybridized carbons (Fsp3) is 0.906. The van der Waals surface area contributed by atoms with Crippen LogP contribution in [0, 0.1) is 29.5 Å². The van der Waals surface area contributed by atoms with E-state index in [1.54, 1.807) is 0 Å². The summed E-state index contributed by atoms with van der Waals surface area (Å²) in [6.45, 7) is 36.0. The van der Waals surface area contributed by atoms with Crippen LogP contribution < -0.4 is 21.3 Å². The van der Waals surface area contributed by atoms with Crippen molar-refractivity contribution in [2.75, 3.05) is 140 Å². The van der Waals surface area contributed by atoms with E-state index >= 15 is 0 Å². The minimum Gasteiger partial charge on any atom is -0.311 e. The van der Waals surface area contributed by atoms with E-state index in [2.05, 4.69) is 160 Å². The summed E-state index contributed by atoms with van der Waals surface area (Å²) >= 11 is 0. The molecule has 1 aromatic rings. The van der Waals surface area contributed by atoms with Gasteiger partial charge in [0.25, 0.3) is 0 Å². The predicted molar refractivity (Wildman–Crippen MR) is 328 cm³/mol. The van der Waals surface area contributed by atoms with Crippen molar-refractivity contribution in [3.05, 3.63) is 35.1 Å². The van der Waals surface area contributed by atoms with E-state index in [1.165, 1.54) is 83.2 Å². The van der Waals surface area contributed by atoms with Crippen molar-refractivity contribution in [2.45, 2.75) is 213 Å². The van der Waals surface area contributed by atoms with Gasteiger partial charge in [-0.25, -0.2) is 4.39 Å². The van der Waals surface area contributed by atoms with Gasteiger partial charge >= 0.3 is 6.18 Å². The first-order chi connectivity index (χ1) is 37.3. The number of nitrogens with one attached hydrogen (secondary N) is 4. The number of likely N-dealkylation sites (N-methyl/N-ethyl adjacent to an activating group) is 6. The fourth-order valence-corrected chi connectivity index (χ4v) is 12.8. The SMILES string of the molecule is CC[C@H](C)[C@H]1CN(C)CCN(C)CCN(C)[C@@H](CC2CCCCC2)CN(C)CCN[C@@H](CCc2ccc(C(F)(F)F)c(F)c2)CN[C@@H](CC(C)C)CN(C)C(C)(C)CN[C@@H](CC(C)C)CN(C)[C@H](C)CCN2CCCC[C@H]2CN1. The molecule has 0 aromatic heterocycles. The van der Waals surface area contributed by atoms with E-state index in [1.807, 2.05) is 0 Å². The Kier molecular flexibility index (Phi) is 31.6. The number of rotatable bonds is 11. The maximum Gasteiger partial charge on any atom is 0.419 e. The number of halogens is 4. The Hall–Kier alpha value is -1.50. The molecule has 11 nitrogen and oxygen atoms in total. The molecule has 2 aliphatic heterocycles. The Labute approximate surface area is 483 Å². The van der Waals surface area contributed by atoms with E-state index in [4.69, 9.17) is 0 Å². The quantitative estimate of drug-likeness (QED) is 0.160. The number of fused-ring (bicyclic) bond motifs is 1. The highest BCUT2D eigenvalue weighted by Crippen LogP contribution is 2.32. The largest absolute Gasteiger partial charge is 0.419 e. The van der Waals surface area contributed by atoms with E-state index in [0.717, 1.165) is 116 Å². The van der Waals surface area contributed by atoms with Crippen molar-refractivity contribution in [1.82, 2.24) is 55.6 Å². The van der Waals surface area contributed by atoms with Crippen LogP contribution in [0.2, 0.25) is 0 Å². The molecule has 3 fully saturated rings. The second-order valence-electron chi connectivity index (χ2n) is 27.5. The van der Waals surface area contributed by atoms with Gasteiger partial charge in [-0.2, -0.15) is 13.2 Å². The Morgan fingerprint density at radius 2 is 1.29 bits per heavy atom. The van der Waals surface area contributed by atoms with E-state index < -0.39 is 17.6 Å². The standard InChI is InChI=1S/C64H123F4N11/c1-16-51(6)62-47-75(12)35-34-73(10)36-37-76(13)59(40-53-22-18-17-19-23-53)46-74(11)33-30-69-55(27-25-54-26-28-60(61(65)41-54)64(66,67)68)42-70-57(39-50(4)5)45-78(15)63(8,9)48-72-56(38-49(2)3)44-77(14)52(7)29-32-79-31-21-20-24-58(79)43-71-62/h26,28,41,49-53,55-59,62,69-72H,16-25,27,29-40,42-48H2,1-15H3/t51-,52+,55-,56-,57-,58-,59-,62+/m0/s1. The second-order valence-corrected chi connectivity index (χ2v) is 27.5. The van der Waals surface area contributed by atoms with Crippen LogP contribution in [0.25, 0.3) is 0 Å². The summed E-state index contributed by atoms with van der Waals surface area (Å²) in [5.74, 6) is 1.26. The van der Waals surface area contributed by atoms with Crippen LogP contribution in [0.15, 0.2) is 18.2 Å². The molecule has 462 valence electrons. The summed E-state index contributed by atoms with van der Waals surface area (Å²) in [5, 5.41) is 16.1. The topological polar surface area (TPSA) is 70.8 Å². The third kappa shape index (κ3) is 26.5. The molecule has 1 aliphatic carbocycles. The van der Waals surface area contributed by atoms with Crippen molar-refractivity contribution >= 4 is 0 Å². The van der Waals surface area contributed by atoms with Crippen LogP contribution in [-0.2, 0) is 12.6 Å². The van der Waals surface area contributed by atoms with Crippen molar-refractivity contribution in [3.63, 3.8) is 0 Å². The molecule has 2 heterocycles. The highest BCUT2D eigenvalue weighted by Gasteiger charge is 2.35. The molecule has 8 atom stereocenters. The molecule has 0 radical (unpaired) electrons. The zero-order chi connectivity index (χ0) is 58.3. The van der Waals surface area contributed by atoms with Crippen LogP contribution in [0.3, 0.4) is 0 Å². The maximum absolute atomic E-state index is 14.9. The molecule has 1 aromatic carbocycles. The van der Waals surface area contributed by atoms with Crippen LogP contribution in [0.4, 0.5) is 17.6 Å². The summed E-state index contributed by atoms with van der Waals surface area (Å²) in [7, 11) is 13.8. The Morgan fingerprint density at radius 1 is 0.646 bits per heavy atom. The monoisotopic (exact) mass is 1120 g/mol. The molecule has 0 spiro atoms. The first-order valence-corrected chi connectivity index (χ1v) is 32.0. The summed E-state index contributed by atoms with van der Waals surface area (Å²) < 4.78 is 55.5. The highest BCUT2D eigenvalue weighted by molar-refractivity contribution is 5.26. The van der Waals surface area contributed by atoms with Crippen LogP contribution in [0.1, 0.15) is 163 Å². The Bertz CT molecular complexity index is 1760. The average Bonchev–Trinajstić information content (AvgIpc) is 3.39. The maximum atomic E-state index is 14.9. The minimum atomic E-state index is -4.72. The van der Waals surface area contributed by atoms with Gasteiger partial charge in [0.15, 0.2) is 0 Å². The zero-order valence-corrected chi connectivity index (χ0v) is 53.4. The lowest BCUT2D eigenvalue weighted by Gasteiger charge is -2.41. The van der Waals surface area contributed by atoms with Crippen LogP contribution in [-0.4, -0.2) is 223 Å². The van der Waals surface area contributed by atoms with E-state index in [-0.39, 0.29) is 17.6 Å². The van der Waals surface area contributed by atoms with Gasteiger partial charge in [-0.1, -0.05) is 92.6 Å². The summed E-state index contributed by atoms with van der Waals surface area (Å²) in [6, 6.07) is 6.09. The third-order valence-electron chi connectivity index (χ3n) is 19.0. The second kappa shape index (κ2) is 35.7. The number of benzene rings is 1. The highest BCUT2D eigenvalue weighted by atomic mass is 19.4. The van der Waals surface area contributed by atoms with Gasteiger partial charge < -0.3 is 45.8 Å². The van der Waals surface area contributed by atoms with Crippen LogP contribution in [0.5, 0.6) is 0 Å². The molecule has 0 unspecified atom stereocenters. The molecule has 4 rings (SSSR count). The van der Waals surface area contributed by atoms with Gasteiger partial charge in [0.2, 0.25) is 0 Å². The lowest BCUT2D eigenvalue weighted by molar-refractivity contribution is -0.140. The molecule has 1 saturated carbocycles. The van der Waals surface area contributed by atoms with Gasteiger partial charge in [0.05, 0.1) is 5.56 Å². The summed E-state index contributed by atoms with van der Waals surface area (Å²) in [4.78, 5) is 18.2. The molecular formula is C64H123F4N11. The number of hydrogen-bond acceptors (Lipinski definition) is 11. The molecule has 3 aliphatic rings. The van der Waals surface area contributed by atoms with Gasteiger partial charge in [0.1, 0.15) is 5.82 Å². The van der Waals surface area contributed by atoms with Crippen molar-refractivity contribution < 1.29 is 17.6 Å². The fourth-order valence-electron chi connectivity index (χ4n) is 12.8. The average molecular weight is 1120 g/mol. The van der Waals surface area contributed by atoms with Gasteiger partial charge in [-0.05, 0) is 169 Å². The van der Waals surface area contributed by atoms with Gasteiger partial charge in [-0.15, -0.1) is 0 Å². The first kappa shape index (κ1) is 70.0. The minimum absolute atomic E-state index is 0.0428. The number of hydrogen-bond donors (Lipinski definition) is 4. The number of aryl methyl sites for hydroxylation is 1. The first-order valence-electron chi connectivity index (χ1n) is 32.0. The van der Waals surface area contributed by atoms with Crippen molar-refractivity contribution in [1.29, 1.82) is 0 Å².